The third kappa shape index (κ3) is 101. The number of rotatable bonds is 97. The Balaban J connectivity index is 4.56. The highest BCUT2D eigenvalue weighted by atomic mass is 31.2. The third-order valence-corrected chi connectivity index (χ3v) is 23.8. The molecule has 0 amide bonds. The molecule has 0 heterocycles. The molecular formula is C109H188O16P2. The van der Waals surface area contributed by atoms with E-state index in [9.17, 15) is 43.5 Å². The number of carbonyl (C=O) groups is 3. The molecule has 0 spiro atoms. The lowest BCUT2D eigenvalue weighted by atomic mass is 10.0. The van der Waals surface area contributed by atoms with E-state index in [4.69, 9.17) is 32.3 Å². The van der Waals surface area contributed by atoms with Gasteiger partial charge in [-0.25, -0.2) is 9.13 Å². The number of unbranched alkanes of at least 4 members (excludes halogenated alkanes) is 46. The molecule has 0 aliphatic carbocycles. The molecule has 4 N–H and O–H groups in total. The molecule has 0 saturated heterocycles. The Morgan fingerprint density at radius 1 is 0.228 bits per heavy atom. The highest BCUT2D eigenvalue weighted by Crippen LogP contribution is 2.45. The predicted octanol–water partition coefficient (Wildman–Crippen LogP) is 32.6. The minimum absolute atomic E-state index is 0.0940. The zero-order valence-corrected chi connectivity index (χ0v) is 82.7. The average Bonchev–Trinajstić information content (AvgIpc) is 0.898. The van der Waals surface area contributed by atoms with Gasteiger partial charge in [0.15, 0.2) is 6.10 Å². The Kier molecular flexibility index (Phi) is 95.9. The van der Waals surface area contributed by atoms with Crippen molar-refractivity contribution < 1.29 is 75.8 Å². The average molecular weight is 1820 g/mol. The van der Waals surface area contributed by atoms with Gasteiger partial charge in [-0.05, 0) is 154 Å². The van der Waals surface area contributed by atoms with E-state index in [0.717, 1.165) is 154 Å². The number of phosphoric acid groups is 2. The van der Waals surface area contributed by atoms with Gasteiger partial charge in [0.25, 0.3) is 0 Å². The van der Waals surface area contributed by atoms with Crippen LogP contribution >= 0.6 is 15.6 Å². The second kappa shape index (κ2) is 99.9. The van der Waals surface area contributed by atoms with Crippen molar-refractivity contribution in [1.82, 2.24) is 0 Å². The zero-order valence-electron chi connectivity index (χ0n) is 80.9. The van der Waals surface area contributed by atoms with Crippen LogP contribution in [0.3, 0.4) is 0 Å². The Labute approximate surface area is 777 Å². The van der Waals surface area contributed by atoms with Gasteiger partial charge in [0.2, 0.25) is 0 Å². The number of phosphoric ester groups is 2. The van der Waals surface area contributed by atoms with E-state index < -0.39 is 91.5 Å². The largest absolute Gasteiger partial charge is 0.472 e. The molecule has 0 saturated carbocycles. The minimum Gasteiger partial charge on any atom is -0.463 e. The first kappa shape index (κ1) is 122. The van der Waals surface area contributed by atoms with E-state index in [1.165, 1.54) is 231 Å². The van der Waals surface area contributed by atoms with Gasteiger partial charge in [-0.2, -0.15) is 0 Å². The monoisotopic (exact) mass is 1820 g/mol. The van der Waals surface area contributed by atoms with Crippen molar-refractivity contribution in [2.75, 3.05) is 39.6 Å². The lowest BCUT2D eigenvalue weighted by molar-refractivity contribution is -0.161. The number of aliphatic hydroxyl groups excluding tert-OH is 2. The molecule has 0 radical (unpaired) electrons. The first-order chi connectivity index (χ1) is 62.2. The third-order valence-electron chi connectivity index (χ3n) is 21.9. The van der Waals surface area contributed by atoms with E-state index in [1.54, 1.807) is 0 Å². The Morgan fingerprint density at radius 2 is 0.417 bits per heavy atom. The van der Waals surface area contributed by atoms with Crippen molar-refractivity contribution in [3.8, 4) is 0 Å². The number of hydrogen-bond acceptors (Lipinski definition) is 14. The summed E-state index contributed by atoms with van der Waals surface area (Å²) in [6, 6.07) is 0. The van der Waals surface area contributed by atoms with Crippen LogP contribution in [0.4, 0.5) is 0 Å². The molecule has 5 atom stereocenters. The molecule has 0 aliphatic heterocycles. The molecule has 0 aromatic rings. The Hall–Kier alpha value is -5.09. The first-order valence-electron chi connectivity index (χ1n) is 51.4. The number of carbonyl (C=O) groups excluding carboxylic acids is 3. The molecule has 5 unspecified atom stereocenters. The summed E-state index contributed by atoms with van der Waals surface area (Å²) < 4.78 is 61.7. The van der Waals surface area contributed by atoms with Gasteiger partial charge in [0.05, 0.1) is 26.4 Å². The Morgan fingerprint density at radius 3 is 0.661 bits per heavy atom. The fraction of sp³-hybridized carbons (Fsp3) is 0.716. The minimum atomic E-state index is -4.95. The maximum atomic E-state index is 13.1. The van der Waals surface area contributed by atoms with Crippen LogP contribution in [0.1, 0.15) is 445 Å². The standard InChI is InChI=1S/C109H188O16P2/c1-4-7-10-13-16-19-22-25-28-31-34-37-40-43-45-47-49-50-51-52-54-56-57-60-62-65-68-71-74-77-80-83-86-89-92-95-107(112)119-98-104(110)99-121-126(115,116)122-100-105(111)101-123-127(117,118)124-103-106(125-109(114)97-94-91-88-85-82-79-76-73-70-67-64-59-42-39-36-33-30-27-24-21-18-15-12-9-6-3)102-120-108(113)96-93-90-87-84-81-78-75-72-69-66-63-61-58-55-53-48-46-44-41-38-35-32-29-26-23-20-17-14-11-8-5-2/h8-9,11-12,16-21,25-30,34-39,43-46,59,64,104-106,110-111H,4-7,10,13-15,22-24,31-33,40-42,47-58,60-63,65-103H2,1-3H3,(H,115,116)(H,117,118)/b11-8-,12-9-,19-16-,20-17-,21-18-,28-25-,29-26-,30-27-,37-34-,38-35-,39-36-,45-43-,46-44-,64-59-. The molecule has 0 aromatic heterocycles. The zero-order chi connectivity index (χ0) is 92.1. The molecular weight excluding hydrogens is 1630 g/mol. The van der Waals surface area contributed by atoms with Gasteiger partial charge in [0, 0.05) is 19.3 Å². The van der Waals surface area contributed by atoms with E-state index >= 15 is 0 Å². The van der Waals surface area contributed by atoms with E-state index in [-0.39, 0.29) is 19.3 Å². The van der Waals surface area contributed by atoms with Crippen molar-refractivity contribution in [2.45, 2.75) is 463 Å². The van der Waals surface area contributed by atoms with Crippen molar-refractivity contribution in [2.24, 2.45) is 0 Å². The van der Waals surface area contributed by atoms with Crippen LogP contribution in [0.2, 0.25) is 0 Å². The second-order valence-corrected chi connectivity index (χ2v) is 37.1. The number of ether oxygens (including phenoxy) is 3. The summed E-state index contributed by atoms with van der Waals surface area (Å²) in [6.45, 7) is 2.50. The SMILES string of the molecule is CC/C=C\C/C=C\C/C=C\C/C=C\C/C=C\CCCCCCCCCCCCCCCCCC(=O)OCC(COP(=O)(O)OCC(O)COP(=O)(O)OCC(O)COC(=O)CCCCCCCCCCCCCCCCCCCCC/C=C\C/C=C\C/C=C\C/C=C\CCCCC)OC(=O)CCCCCCCCCCC/C=C\C/C=C\C/C=C\C/C=C\C/C=C\CC. The smallest absolute Gasteiger partial charge is 0.463 e. The molecule has 0 rings (SSSR count). The topological polar surface area (TPSA) is 231 Å². The fourth-order valence-corrected chi connectivity index (χ4v) is 15.8. The lowest BCUT2D eigenvalue weighted by Crippen LogP contribution is -2.30. The number of allylic oxidation sites excluding steroid dienone is 28. The van der Waals surface area contributed by atoms with Gasteiger partial charge in [-0.15, -0.1) is 0 Å². The number of esters is 3. The highest BCUT2D eigenvalue weighted by molar-refractivity contribution is 7.47. The van der Waals surface area contributed by atoms with Crippen molar-refractivity contribution in [1.29, 1.82) is 0 Å². The molecule has 16 nitrogen and oxygen atoms in total. The van der Waals surface area contributed by atoms with Crippen molar-refractivity contribution in [3.05, 3.63) is 170 Å². The van der Waals surface area contributed by atoms with Crippen molar-refractivity contribution >= 4 is 33.6 Å². The molecule has 127 heavy (non-hydrogen) atoms. The summed E-state index contributed by atoms with van der Waals surface area (Å²) in [4.78, 5) is 59.2. The van der Waals surface area contributed by atoms with Crippen LogP contribution in [0, 0.1) is 0 Å². The molecule has 0 fully saturated rings. The second-order valence-electron chi connectivity index (χ2n) is 34.2. The van der Waals surface area contributed by atoms with Crippen LogP contribution < -0.4 is 0 Å². The summed E-state index contributed by atoms with van der Waals surface area (Å²) in [5.74, 6) is -1.57. The van der Waals surface area contributed by atoms with Crippen LogP contribution in [0.25, 0.3) is 0 Å². The predicted molar refractivity (Wildman–Crippen MR) is 537 cm³/mol. The van der Waals surface area contributed by atoms with Crippen LogP contribution in [0.5, 0.6) is 0 Å². The quantitative estimate of drug-likeness (QED) is 0.0146. The van der Waals surface area contributed by atoms with Crippen molar-refractivity contribution in [3.63, 3.8) is 0 Å². The Bertz CT molecular complexity index is 2990. The molecule has 18 heteroatoms. The molecule has 730 valence electrons. The van der Waals surface area contributed by atoms with Crippen LogP contribution in [-0.2, 0) is 55.8 Å². The summed E-state index contributed by atoms with van der Waals surface area (Å²) >= 11 is 0. The van der Waals surface area contributed by atoms with Gasteiger partial charge in [-0.3, -0.25) is 32.5 Å². The van der Waals surface area contributed by atoms with Gasteiger partial charge < -0.3 is 34.2 Å². The molecule has 0 aliphatic rings. The normalized spacial score (nSPS) is 14.4. The van der Waals surface area contributed by atoms with Gasteiger partial charge in [0.1, 0.15) is 25.4 Å². The summed E-state index contributed by atoms with van der Waals surface area (Å²) in [5.41, 5.74) is 0. The lowest BCUT2D eigenvalue weighted by Gasteiger charge is -2.21. The number of aliphatic hydroxyl groups is 2. The summed E-state index contributed by atoms with van der Waals surface area (Å²) in [5, 5.41) is 20.8. The molecule has 0 bridgehead atoms. The van der Waals surface area contributed by atoms with Gasteiger partial charge in [-0.1, -0.05) is 441 Å². The number of hydrogen-bond donors (Lipinski definition) is 4. The van der Waals surface area contributed by atoms with Crippen LogP contribution in [0.15, 0.2) is 170 Å². The van der Waals surface area contributed by atoms with Crippen LogP contribution in [-0.4, -0.2) is 95.9 Å². The van der Waals surface area contributed by atoms with E-state index in [1.807, 2.05) is 0 Å². The highest BCUT2D eigenvalue weighted by Gasteiger charge is 2.30. The van der Waals surface area contributed by atoms with E-state index in [0.29, 0.717) is 19.3 Å². The first-order valence-corrected chi connectivity index (χ1v) is 54.4. The summed E-state index contributed by atoms with van der Waals surface area (Å²) in [6.07, 6.45) is 131. The molecule has 0 aromatic carbocycles. The van der Waals surface area contributed by atoms with Gasteiger partial charge >= 0.3 is 33.6 Å². The maximum Gasteiger partial charge on any atom is 0.472 e. The maximum absolute atomic E-state index is 13.1. The van der Waals surface area contributed by atoms with E-state index in [2.05, 4.69) is 191 Å². The fourth-order valence-electron chi connectivity index (χ4n) is 14.2. The summed E-state index contributed by atoms with van der Waals surface area (Å²) in [7, 11) is -9.82.